The van der Waals surface area contributed by atoms with Crippen molar-refractivity contribution in [2.45, 2.75) is 6.04 Å². The minimum atomic E-state index is 0.218. The highest BCUT2D eigenvalue weighted by Gasteiger charge is 2.28. The molecule has 0 saturated carbocycles. The number of hydrogen-bond donors (Lipinski definition) is 3. The Morgan fingerprint density at radius 2 is 1.82 bits per heavy atom. The molecular formula is C7H13N3O. The van der Waals surface area contributed by atoms with E-state index in [9.17, 15) is 4.79 Å². The van der Waals surface area contributed by atoms with Gasteiger partial charge in [0, 0.05) is 26.2 Å². The molecule has 0 aromatic carbocycles. The van der Waals surface area contributed by atoms with Gasteiger partial charge in [-0.15, -0.1) is 0 Å². The SMILES string of the molecule is O=C(NC1CNC1)C1CNC1. The van der Waals surface area contributed by atoms with Crippen molar-refractivity contribution in [3.8, 4) is 0 Å². The molecule has 2 aliphatic heterocycles. The van der Waals surface area contributed by atoms with Gasteiger partial charge in [0.15, 0.2) is 0 Å². The van der Waals surface area contributed by atoms with Gasteiger partial charge in [-0.05, 0) is 0 Å². The molecule has 0 atom stereocenters. The van der Waals surface area contributed by atoms with E-state index in [2.05, 4.69) is 16.0 Å². The monoisotopic (exact) mass is 155 g/mol. The van der Waals surface area contributed by atoms with Crippen molar-refractivity contribution in [2.24, 2.45) is 5.92 Å². The number of carbonyl (C=O) groups is 1. The van der Waals surface area contributed by atoms with E-state index >= 15 is 0 Å². The maximum absolute atomic E-state index is 11.2. The number of rotatable bonds is 2. The molecule has 62 valence electrons. The van der Waals surface area contributed by atoms with E-state index in [1.807, 2.05) is 0 Å². The van der Waals surface area contributed by atoms with Gasteiger partial charge in [0.1, 0.15) is 0 Å². The van der Waals surface area contributed by atoms with Gasteiger partial charge in [0.25, 0.3) is 0 Å². The first-order chi connectivity index (χ1) is 5.36. The van der Waals surface area contributed by atoms with Crippen LogP contribution in [0.5, 0.6) is 0 Å². The molecule has 0 aromatic heterocycles. The van der Waals surface area contributed by atoms with Crippen LogP contribution in [0, 0.1) is 5.92 Å². The van der Waals surface area contributed by atoms with E-state index < -0.39 is 0 Å². The van der Waals surface area contributed by atoms with Crippen molar-refractivity contribution in [2.75, 3.05) is 26.2 Å². The van der Waals surface area contributed by atoms with Crippen LogP contribution in [0.3, 0.4) is 0 Å². The average Bonchev–Trinajstić information content (AvgIpc) is 1.74. The first-order valence-electron chi connectivity index (χ1n) is 4.08. The fourth-order valence-corrected chi connectivity index (χ4v) is 1.18. The lowest BCUT2D eigenvalue weighted by molar-refractivity contribution is -0.127. The maximum atomic E-state index is 11.2. The van der Waals surface area contributed by atoms with E-state index in [0.29, 0.717) is 6.04 Å². The molecule has 2 aliphatic rings. The van der Waals surface area contributed by atoms with E-state index in [0.717, 1.165) is 26.2 Å². The van der Waals surface area contributed by atoms with Crippen LogP contribution in [0.15, 0.2) is 0 Å². The number of carbonyl (C=O) groups excluding carboxylic acids is 1. The Kier molecular flexibility index (Phi) is 1.79. The zero-order valence-corrected chi connectivity index (χ0v) is 6.39. The lowest BCUT2D eigenvalue weighted by Gasteiger charge is -2.32. The van der Waals surface area contributed by atoms with Crippen molar-refractivity contribution >= 4 is 5.91 Å². The largest absolute Gasteiger partial charge is 0.350 e. The Balaban J connectivity index is 1.71. The summed E-state index contributed by atoms with van der Waals surface area (Å²) in [5, 5.41) is 9.16. The van der Waals surface area contributed by atoms with Crippen molar-refractivity contribution in [3.63, 3.8) is 0 Å². The van der Waals surface area contributed by atoms with Gasteiger partial charge >= 0.3 is 0 Å². The van der Waals surface area contributed by atoms with Crippen molar-refractivity contribution in [1.29, 1.82) is 0 Å². The highest BCUT2D eigenvalue weighted by Crippen LogP contribution is 2.03. The van der Waals surface area contributed by atoms with Crippen LogP contribution in [-0.2, 0) is 4.79 Å². The summed E-state index contributed by atoms with van der Waals surface area (Å²) in [4.78, 5) is 11.2. The lowest BCUT2D eigenvalue weighted by atomic mass is 10.0. The second kappa shape index (κ2) is 2.79. The number of hydrogen-bond acceptors (Lipinski definition) is 3. The number of amides is 1. The van der Waals surface area contributed by atoms with Gasteiger partial charge < -0.3 is 16.0 Å². The highest BCUT2D eigenvalue weighted by molar-refractivity contribution is 5.80. The zero-order chi connectivity index (χ0) is 7.68. The van der Waals surface area contributed by atoms with Gasteiger partial charge in [0.05, 0.1) is 12.0 Å². The van der Waals surface area contributed by atoms with Crippen LogP contribution >= 0.6 is 0 Å². The quantitative estimate of drug-likeness (QED) is 0.445. The molecule has 2 heterocycles. The Morgan fingerprint density at radius 3 is 2.18 bits per heavy atom. The predicted molar refractivity (Wildman–Crippen MR) is 41.2 cm³/mol. The molecule has 11 heavy (non-hydrogen) atoms. The fraction of sp³-hybridized carbons (Fsp3) is 0.857. The predicted octanol–water partition coefficient (Wildman–Crippen LogP) is -1.71. The van der Waals surface area contributed by atoms with Gasteiger partial charge in [-0.1, -0.05) is 0 Å². The molecule has 2 rings (SSSR count). The van der Waals surface area contributed by atoms with Gasteiger partial charge in [-0.3, -0.25) is 4.79 Å². The number of nitrogens with one attached hydrogen (secondary N) is 3. The standard InChI is InChI=1S/C7H13N3O/c11-7(5-1-8-2-5)10-6-3-9-4-6/h5-6,8-9H,1-4H2,(H,10,11). The molecule has 0 unspecified atom stereocenters. The zero-order valence-electron chi connectivity index (χ0n) is 6.39. The Labute approximate surface area is 65.7 Å². The van der Waals surface area contributed by atoms with Crippen molar-refractivity contribution in [1.82, 2.24) is 16.0 Å². The Hall–Kier alpha value is -0.610. The van der Waals surface area contributed by atoms with Crippen LogP contribution in [0.25, 0.3) is 0 Å². The molecule has 4 heteroatoms. The third kappa shape index (κ3) is 1.36. The second-order valence-corrected chi connectivity index (χ2v) is 3.22. The van der Waals surface area contributed by atoms with E-state index in [1.165, 1.54) is 0 Å². The molecule has 2 saturated heterocycles. The fourth-order valence-electron chi connectivity index (χ4n) is 1.18. The molecule has 0 bridgehead atoms. The topological polar surface area (TPSA) is 53.2 Å². The summed E-state index contributed by atoms with van der Waals surface area (Å²) in [5.41, 5.74) is 0. The van der Waals surface area contributed by atoms with Gasteiger partial charge in [-0.2, -0.15) is 0 Å². The van der Waals surface area contributed by atoms with Crippen LogP contribution < -0.4 is 16.0 Å². The molecular weight excluding hydrogens is 142 g/mol. The van der Waals surface area contributed by atoms with Crippen LogP contribution in [0.1, 0.15) is 0 Å². The van der Waals surface area contributed by atoms with E-state index in [-0.39, 0.29) is 11.8 Å². The summed E-state index contributed by atoms with van der Waals surface area (Å²) < 4.78 is 0. The normalized spacial score (nSPS) is 25.5. The Morgan fingerprint density at radius 1 is 1.18 bits per heavy atom. The molecule has 3 N–H and O–H groups in total. The molecule has 4 nitrogen and oxygen atoms in total. The Bertz CT molecular complexity index is 163. The first kappa shape index (κ1) is 7.06. The molecule has 0 aliphatic carbocycles. The molecule has 0 aromatic rings. The van der Waals surface area contributed by atoms with E-state index in [4.69, 9.17) is 0 Å². The smallest absolute Gasteiger partial charge is 0.225 e. The lowest BCUT2D eigenvalue weighted by Crippen LogP contribution is -2.61. The van der Waals surface area contributed by atoms with Crippen LogP contribution in [-0.4, -0.2) is 38.1 Å². The van der Waals surface area contributed by atoms with Crippen LogP contribution in [0.4, 0.5) is 0 Å². The summed E-state index contributed by atoms with van der Waals surface area (Å²) in [6.07, 6.45) is 0. The second-order valence-electron chi connectivity index (χ2n) is 3.22. The highest BCUT2D eigenvalue weighted by atomic mass is 16.2. The average molecular weight is 155 g/mol. The summed E-state index contributed by atoms with van der Waals surface area (Å²) in [7, 11) is 0. The first-order valence-corrected chi connectivity index (χ1v) is 4.08. The summed E-state index contributed by atoms with van der Waals surface area (Å²) in [5.74, 6) is 0.450. The van der Waals surface area contributed by atoms with Gasteiger partial charge in [-0.25, -0.2) is 0 Å². The summed E-state index contributed by atoms with van der Waals surface area (Å²) in [6.45, 7) is 3.58. The minimum absolute atomic E-state index is 0.218. The summed E-state index contributed by atoms with van der Waals surface area (Å²) >= 11 is 0. The minimum Gasteiger partial charge on any atom is -0.350 e. The third-order valence-electron chi connectivity index (χ3n) is 2.28. The molecule has 0 radical (unpaired) electrons. The van der Waals surface area contributed by atoms with E-state index in [1.54, 1.807) is 0 Å². The molecule has 0 spiro atoms. The molecule has 2 fully saturated rings. The third-order valence-corrected chi connectivity index (χ3v) is 2.28. The maximum Gasteiger partial charge on any atom is 0.225 e. The van der Waals surface area contributed by atoms with Crippen molar-refractivity contribution in [3.05, 3.63) is 0 Å². The molecule has 1 amide bonds. The van der Waals surface area contributed by atoms with Crippen molar-refractivity contribution < 1.29 is 4.79 Å². The summed E-state index contributed by atoms with van der Waals surface area (Å²) in [6, 6.07) is 0.392. The van der Waals surface area contributed by atoms with Gasteiger partial charge in [0.2, 0.25) is 5.91 Å². The van der Waals surface area contributed by atoms with Crippen LogP contribution in [0.2, 0.25) is 0 Å².